The number of benzene rings is 6. The number of nitrogens with zero attached hydrogens (tertiary/aromatic N) is 2. The molecule has 1 heterocycles. The first-order chi connectivity index (χ1) is 20.1. The summed E-state index contributed by atoms with van der Waals surface area (Å²) in [6, 6.07) is 47.2. The van der Waals surface area contributed by atoms with Crippen molar-refractivity contribution < 1.29 is 4.42 Å². The topological polar surface area (TPSA) is 29.3 Å². The van der Waals surface area contributed by atoms with E-state index in [4.69, 9.17) is 9.40 Å². The molecule has 1 aliphatic carbocycles. The van der Waals surface area contributed by atoms with Crippen LogP contribution in [0.25, 0.3) is 44.5 Å². The van der Waals surface area contributed by atoms with Crippen LogP contribution in [-0.2, 0) is 5.41 Å². The normalized spacial score (nSPS) is 13.3. The van der Waals surface area contributed by atoms with Gasteiger partial charge in [0.05, 0.1) is 0 Å². The van der Waals surface area contributed by atoms with Gasteiger partial charge in [-0.1, -0.05) is 86.6 Å². The zero-order valence-electron chi connectivity index (χ0n) is 23.0. The van der Waals surface area contributed by atoms with Gasteiger partial charge in [-0.25, -0.2) is 4.98 Å². The lowest BCUT2D eigenvalue weighted by molar-refractivity contribution is 0.623. The molecule has 0 fully saturated rings. The summed E-state index contributed by atoms with van der Waals surface area (Å²) in [5.74, 6) is 0.643. The maximum atomic E-state index is 6.32. The minimum absolute atomic E-state index is 0.0218. The molecule has 3 nitrogen and oxygen atoms in total. The maximum Gasteiger partial charge on any atom is 0.227 e. The summed E-state index contributed by atoms with van der Waals surface area (Å²) in [6.07, 6.45) is 0. The fraction of sp³-hybridized carbons (Fsp3) is 0.0789. The van der Waals surface area contributed by atoms with Gasteiger partial charge in [-0.3, -0.25) is 0 Å². The minimum atomic E-state index is -0.0218. The average Bonchev–Trinajstić information content (AvgIpc) is 3.56. The smallest absolute Gasteiger partial charge is 0.227 e. The quantitative estimate of drug-likeness (QED) is 0.228. The number of rotatable bonds is 4. The van der Waals surface area contributed by atoms with E-state index in [2.05, 4.69) is 122 Å². The summed E-state index contributed by atoms with van der Waals surface area (Å²) >= 11 is 0. The van der Waals surface area contributed by atoms with Crippen molar-refractivity contribution in [3.8, 4) is 22.6 Å². The highest BCUT2D eigenvalue weighted by Crippen LogP contribution is 2.50. The van der Waals surface area contributed by atoms with Gasteiger partial charge in [0, 0.05) is 33.4 Å². The molecule has 0 bridgehead atoms. The van der Waals surface area contributed by atoms with Crippen LogP contribution in [0.2, 0.25) is 0 Å². The summed E-state index contributed by atoms with van der Waals surface area (Å²) in [4.78, 5) is 7.11. The minimum Gasteiger partial charge on any atom is -0.435 e. The van der Waals surface area contributed by atoms with Gasteiger partial charge in [0.1, 0.15) is 5.52 Å². The van der Waals surface area contributed by atoms with Gasteiger partial charge in [-0.05, 0) is 88.3 Å². The number of para-hydroxylation sites is 1. The van der Waals surface area contributed by atoms with Crippen LogP contribution in [-0.4, -0.2) is 4.98 Å². The van der Waals surface area contributed by atoms with Crippen molar-refractivity contribution in [2.45, 2.75) is 19.3 Å². The van der Waals surface area contributed by atoms with Crippen LogP contribution >= 0.6 is 0 Å². The number of fused-ring (bicyclic) bond motifs is 6. The molecule has 6 aromatic carbocycles. The molecule has 0 spiro atoms. The fourth-order valence-corrected chi connectivity index (χ4v) is 6.42. The highest BCUT2D eigenvalue weighted by molar-refractivity contribution is 6.05. The first kappa shape index (κ1) is 23.7. The number of hydrogen-bond donors (Lipinski definition) is 0. The van der Waals surface area contributed by atoms with E-state index in [1.807, 2.05) is 30.3 Å². The van der Waals surface area contributed by atoms with Crippen LogP contribution < -0.4 is 4.90 Å². The second-order valence-electron chi connectivity index (χ2n) is 11.3. The van der Waals surface area contributed by atoms with E-state index in [1.54, 1.807) is 0 Å². The van der Waals surface area contributed by atoms with Crippen molar-refractivity contribution in [1.82, 2.24) is 4.98 Å². The Balaban J connectivity index is 1.28. The van der Waals surface area contributed by atoms with Gasteiger partial charge >= 0.3 is 0 Å². The second-order valence-corrected chi connectivity index (χ2v) is 11.3. The van der Waals surface area contributed by atoms with Crippen LogP contribution in [0.15, 0.2) is 138 Å². The van der Waals surface area contributed by atoms with Crippen LogP contribution in [0.5, 0.6) is 0 Å². The highest BCUT2D eigenvalue weighted by Gasteiger charge is 2.35. The number of oxazole rings is 1. The summed E-state index contributed by atoms with van der Waals surface area (Å²) in [5.41, 5.74) is 11.4. The van der Waals surface area contributed by atoms with Gasteiger partial charge < -0.3 is 9.32 Å². The van der Waals surface area contributed by atoms with Gasteiger partial charge in [-0.2, -0.15) is 0 Å². The zero-order valence-corrected chi connectivity index (χ0v) is 23.0. The van der Waals surface area contributed by atoms with E-state index in [0.29, 0.717) is 5.89 Å². The molecule has 7 aromatic rings. The predicted molar refractivity (Wildman–Crippen MR) is 169 cm³/mol. The second kappa shape index (κ2) is 8.94. The molecule has 0 atom stereocenters. The third kappa shape index (κ3) is 3.70. The summed E-state index contributed by atoms with van der Waals surface area (Å²) in [5, 5.41) is 2.16. The third-order valence-corrected chi connectivity index (χ3v) is 8.47. The van der Waals surface area contributed by atoms with E-state index < -0.39 is 0 Å². The van der Waals surface area contributed by atoms with Gasteiger partial charge in [0.15, 0.2) is 5.58 Å². The molecule has 1 aromatic heterocycles. The molecule has 0 aliphatic heterocycles. The van der Waals surface area contributed by atoms with Gasteiger partial charge in [0.25, 0.3) is 0 Å². The predicted octanol–water partition coefficient (Wildman–Crippen LogP) is 10.4. The SMILES string of the molecule is CC1(C)c2ccccc2-c2cc(N(c3ccccc3)c3ccc4c(ccc5nc(-c6ccccc6)oc54)c3)ccc21. The number of aromatic nitrogens is 1. The Labute approximate surface area is 239 Å². The molecule has 0 unspecified atom stereocenters. The average molecular weight is 529 g/mol. The van der Waals surface area contributed by atoms with Crippen molar-refractivity contribution in [3.05, 3.63) is 145 Å². The van der Waals surface area contributed by atoms with E-state index in [9.17, 15) is 0 Å². The Kier molecular flexibility index (Phi) is 5.17. The molecule has 0 radical (unpaired) electrons. The standard InChI is InChI=1S/C38H28N2O/c1-38(2)33-16-10-9-15-31(33)32-24-29(19-21-34(32)38)40(27-13-7-4-8-14-27)28-18-20-30-26(23-28)17-22-35-36(30)41-37(39-35)25-11-5-3-6-12-25/h3-24H,1-2H3. The molecule has 8 rings (SSSR count). The Bertz CT molecular complexity index is 2070. The number of hydrogen-bond acceptors (Lipinski definition) is 3. The molecule has 0 saturated heterocycles. The molecule has 41 heavy (non-hydrogen) atoms. The van der Waals surface area contributed by atoms with Crippen molar-refractivity contribution in [2.24, 2.45) is 0 Å². The molecular weight excluding hydrogens is 500 g/mol. The Hall–Kier alpha value is -5.15. The van der Waals surface area contributed by atoms with Crippen LogP contribution in [0, 0.1) is 0 Å². The van der Waals surface area contributed by atoms with E-state index in [-0.39, 0.29) is 5.41 Å². The monoisotopic (exact) mass is 528 g/mol. The Morgan fingerprint density at radius 2 is 1.27 bits per heavy atom. The van der Waals surface area contributed by atoms with Gasteiger partial charge in [-0.15, -0.1) is 0 Å². The van der Waals surface area contributed by atoms with E-state index >= 15 is 0 Å². The van der Waals surface area contributed by atoms with Crippen molar-refractivity contribution >= 4 is 38.9 Å². The maximum absolute atomic E-state index is 6.32. The molecule has 0 saturated carbocycles. The van der Waals surface area contributed by atoms with Crippen LogP contribution in [0.1, 0.15) is 25.0 Å². The van der Waals surface area contributed by atoms with E-state index in [1.165, 1.54) is 22.3 Å². The summed E-state index contributed by atoms with van der Waals surface area (Å²) in [7, 11) is 0. The molecule has 1 aliphatic rings. The van der Waals surface area contributed by atoms with Crippen molar-refractivity contribution in [1.29, 1.82) is 0 Å². The lowest BCUT2D eigenvalue weighted by atomic mass is 9.82. The Morgan fingerprint density at radius 1 is 0.585 bits per heavy atom. The van der Waals surface area contributed by atoms with Crippen LogP contribution in [0.3, 0.4) is 0 Å². The molecule has 0 N–H and O–H groups in total. The van der Waals surface area contributed by atoms with Crippen molar-refractivity contribution in [2.75, 3.05) is 4.90 Å². The van der Waals surface area contributed by atoms with E-state index in [0.717, 1.165) is 44.5 Å². The van der Waals surface area contributed by atoms with Crippen LogP contribution in [0.4, 0.5) is 17.1 Å². The molecule has 3 heteroatoms. The molecular formula is C38H28N2O. The summed E-state index contributed by atoms with van der Waals surface area (Å²) < 4.78 is 6.32. The molecule has 0 amide bonds. The summed E-state index contributed by atoms with van der Waals surface area (Å²) in [6.45, 7) is 4.64. The van der Waals surface area contributed by atoms with Gasteiger partial charge in [0.2, 0.25) is 5.89 Å². The first-order valence-electron chi connectivity index (χ1n) is 14.1. The lowest BCUT2D eigenvalue weighted by Crippen LogP contribution is -2.15. The Morgan fingerprint density at radius 3 is 2.10 bits per heavy atom. The number of anilines is 3. The highest BCUT2D eigenvalue weighted by atomic mass is 16.3. The fourth-order valence-electron chi connectivity index (χ4n) is 6.42. The molecule has 196 valence electrons. The van der Waals surface area contributed by atoms with Crippen molar-refractivity contribution in [3.63, 3.8) is 0 Å². The third-order valence-electron chi connectivity index (χ3n) is 8.47. The largest absolute Gasteiger partial charge is 0.435 e. The lowest BCUT2D eigenvalue weighted by Gasteiger charge is -2.27. The first-order valence-corrected chi connectivity index (χ1v) is 14.1. The zero-order chi connectivity index (χ0) is 27.6.